The first-order chi connectivity index (χ1) is 13.4. The van der Waals surface area contributed by atoms with Crippen LogP contribution in [0.5, 0.6) is 5.75 Å². The van der Waals surface area contributed by atoms with Gasteiger partial charge in [-0.05, 0) is 52.5 Å². The molecule has 1 aromatic rings. The van der Waals surface area contributed by atoms with Crippen LogP contribution in [0.25, 0.3) is 0 Å². The van der Waals surface area contributed by atoms with E-state index in [1.165, 1.54) is 12.8 Å². The molecule has 3 nitrogen and oxygen atoms in total. The molecule has 1 atom stereocenters. The zero-order chi connectivity index (χ0) is 22.2. The predicted octanol–water partition coefficient (Wildman–Crippen LogP) is 6.77. The maximum Gasteiger partial charge on any atom is 0.306 e. The summed E-state index contributed by atoms with van der Waals surface area (Å²) in [4.78, 5) is 12.4. The molecule has 0 saturated heterocycles. The van der Waals surface area contributed by atoms with Crippen LogP contribution in [0.15, 0.2) is 12.1 Å². The second-order valence-electron chi connectivity index (χ2n) is 9.99. The lowest BCUT2D eigenvalue weighted by Gasteiger charge is -2.28. The minimum atomic E-state index is -0.163. The molecule has 0 aromatic heterocycles. The second-order valence-corrected chi connectivity index (χ2v) is 11.1. The molecule has 166 valence electrons. The Morgan fingerprint density at radius 2 is 1.62 bits per heavy atom. The van der Waals surface area contributed by atoms with Gasteiger partial charge in [0, 0.05) is 12.2 Å². The van der Waals surface area contributed by atoms with Gasteiger partial charge in [0.15, 0.2) is 0 Å². The first-order valence-electron chi connectivity index (χ1n) is 11.0. The van der Waals surface area contributed by atoms with Crippen LogP contribution in [-0.2, 0) is 26.8 Å². The van der Waals surface area contributed by atoms with Crippen molar-refractivity contribution in [1.82, 2.24) is 0 Å². The number of thioether (sulfide) groups is 1. The second kappa shape index (κ2) is 11.3. The summed E-state index contributed by atoms with van der Waals surface area (Å²) < 4.78 is 5.71. The normalized spacial score (nSPS) is 13.4. The monoisotopic (exact) mass is 422 g/mol. The highest BCUT2D eigenvalue weighted by Gasteiger charge is 2.26. The van der Waals surface area contributed by atoms with Gasteiger partial charge in [-0.3, -0.25) is 4.79 Å². The molecule has 0 saturated carbocycles. The van der Waals surface area contributed by atoms with E-state index in [1.54, 1.807) is 0 Å². The largest absolute Gasteiger partial charge is 0.507 e. The van der Waals surface area contributed by atoms with Gasteiger partial charge in [-0.15, -0.1) is 0 Å². The molecule has 4 heteroatoms. The Morgan fingerprint density at radius 1 is 1.07 bits per heavy atom. The van der Waals surface area contributed by atoms with E-state index < -0.39 is 0 Å². The molecule has 0 bridgehead atoms. The smallest absolute Gasteiger partial charge is 0.306 e. The molecule has 0 fully saturated rings. The number of phenolic OH excluding ortho intramolecular Hbond substituents is 1. The minimum Gasteiger partial charge on any atom is -0.507 e. The summed E-state index contributed by atoms with van der Waals surface area (Å²) in [6, 6.07) is 4.10. The zero-order valence-electron chi connectivity index (χ0n) is 19.9. The Morgan fingerprint density at radius 3 is 2.07 bits per heavy atom. The SMILES string of the molecule is CCCCSCC(CC)OC(=O)CCc1cc(C(C)(C)C)c(O)c(C(C)(C)C)c1. The van der Waals surface area contributed by atoms with Crippen LogP contribution in [0.1, 0.15) is 97.8 Å². The number of hydrogen-bond acceptors (Lipinski definition) is 4. The third kappa shape index (κ3) is 8.62. The first-order valence-corrected chi connectivity index (χ1v) is 12.2. The first kappa shape index (κ1) is 25.9. The summed E-state index contributed by atoms with van der Waals surface area (Å²) in [5, 5.41) is 10.8. The standard InChI is InChI=1S/C25H42O3S/c1-9-11-14-29-17-19(10-2)28-22(26)13-12-18-15-20(24(3,4)5)23(27)21(16-18)25(6,7)8/h15-16,19,27H,9-14,17H2,1-8H3. The number of phenols is 1. The Hall–Kier alpha value is -1.16. The molecule has 0 aliphatic rings. The summed E-state index contributed by atoms with van der Waals surface area (Å²) in [6.45, 7) is 16.9. The maximum atomic E-state index is 12.4. The van der Waals surface area contributed by atoms with Crippen LogP contribution < -0.4 is 0 Å². The van der Waals surface area contributed by atoms with E-state index in [1.807, 2.05) is 11.8 Å². The fourth-order valence-corrected chi connectivity index (χ4v) is 4.40. The molecule has 29 heavy (non-hydrogen) atoms. The van der Waals surface area contributed by atoms with Gasteiger partial charge in [-0.1, -0.05) is 73.9 Å². The molecule has 1 N–H and O–H groups in total. The van der Waals surface area contributed by atoms with Crippen molar-refractivity contribution in [3.8, 4) is 5.75 Å². The number of aryl methyl sites for hydroxylation is 1. The molecule has 1 aromatic carbocycles. The Bertz CT molecular complexity index is 618. The topological polar surface area (TPSA) is 46.5 Å². The van der Waals surface area contributed by atoms with Crippen LogP contribution >= 0.6 is 11.8 Å². The highest BCUT2D eigenvalue weighted by molar-refractivity contribution is 7.99. The van der Waals surface area contributed by atoms with Crippen molar-refractivity contribution in [3.63, 3.8) is 0 Å². The number of carbonyl (C=O) groups is 1. The Balaban J connectivity index is 2.83. The van der Waals surface area contributed by atoms with Crippen LogP contribution in [0.3, 0.4) is 0 Å². The summed E-state index contributed by atoms with van der Waals surface area (Å²) in [5.74, 6) is 2.26. The van der Waals surface area contributed by atoms with Crippen LogP contribution in [0, 0.1) is 0 Å². The van der Waals surface area contributed by atoms with Crippen molar-refractivity contribution in [1.29, 1.82) is 0 Å². The molecule has 1 rings (SSSR count). The van der Waals surface area contributed by atoms with Gasteiger partial charge in [0.25, 0.3) is 0 Å². The number of carbonyl (C=O) groups excluding carboxylic acids is 1. The van der Waals surface area contributed by atoms with Gasteiger partial charge in [0.2, 0.25) is 0 Å². The highest BCUT2D eigenvalue weighted by atomic mass is 32.2. The van der Waals surface area contributed by atoms with E-state index in [2.05, 4.69) is 67.5 Å². The van der Waals surface area contributed by atoms with E-state index in [0.29, 0.717) is 18.6 Å². The fourth-order valence-electron chi connectivity index (χ4n) is 3.17. The molecular weight excluding hydrogens is 380 g/mol. The van der Waals surface area contributed by atoms with E-state index in [-0.39, 0.29) is 22.9 Å². The van der Waals surface area contributed by atoms with Crippen LogP contribution in [0.4, 0.5) is 0 Å². The summed E-state index contributed by atoms with van der Waals surface area (Å²) in [5.41, 5.74) is 2.63. The molecular formula is C25H42O3S. The summed E-state index contributed by atoms with van der Waals surface area (Å²) >= 11 is 1.87. The van der Waals surface area contributed by atoms with Crippen molar-refractivity contribution in [2.24, 2.45) is 0 Å². The number of ether oxygens (including phenoxy) is 1. The molecule has 0 radical (unpaired) electrons. The molecule has 1 unspecified atom stereocenters. The number of esters is 1. The molecule has 0 heterocycles. The third-order valence-electron chi connectivity index (χ3n) is 5.10. The lowest BCUT2D eigenvalue weighted by atomic mass is 9.78. The van der Waals surface area contributed by atoms with Crippen molar-refractivity contribution in [2.75, 3.05) is 11.5 Å². The van der Waals surface area contributed by atoms with E-state index in [0.717, 1.165) is 34.6 Å². The van der Waals surface area contributed by atoms with E-state index >= 15 is 0 Å². The van der Waals surface area contributed by atoms with Gasteiger partial charge in [-0.2, -0.15) is 11.8 Å². The predicted molar refractivity (Wildman–Crippen MR) is 126 cm³/mol. The van der Waals surface area contributed by atoms with E-state index in [9.17, 15) is 9.90 Å². The van der Waals surface area contributed by atoms with Crippen molar-refractivity contribution < 1.29 is 14.6 Å². The zero-order valence-corrected chi connectivity index (χ0v) is 20.7. The number of hydrogen-bond donors (Lipinski definition) is 1. The lowest BCUT2D eigenvalue weighted by molar-refractivity contribution is -0.148. The van der Waals surface area contributed by atoms with Gasteiger partial charge < -0.3 is 9.84 Å². The summed E-state index contributed by atoms with van der Waals surface area (Å²) in [7, 11) is 0. The Kier molecular flexibility index (Phi) is 10.1. The van der Waals surface area contributed by atoms with Crippen molar-refractivity contribution in [2.45, 2.75) is 104 Å². The molecule has 0 aliphatic heterocycles. The van der Waals surface area contributed by atoms with Gasteiger partial charge in [-0.25, -0.2) is 0 Å². The highest BCUT2D eigenvalue weighted by Crippen LogP contribution is 2.40. The molecule has 0 amide bonds. The van der Waals surface area contributed by atoms with Crippen LogP contribution in [0.2, 0.25) is 0 Å². The van der Waals surface area contributed by atoms with Crippen LogP contribution in [-0.4, -0.2) is 28.7 Å². The van der Waals surface area contributed by atoms with Gasteiger partial charge in [0.1, 0.15) is 11.9 Å². The third-order valence-corrected chi connectivity index (χ3v) is 6.29. The molecule has 0 aliphatic carbocycles. The average Bonchev–Trinajstić information content (AvgIpc) is 2.61. The number of rotatable bonds is 10. The van der Waals surface area contributed by atoms with Gasteiger partial charge in [0.05, 0.1) is 0 Å². The quantitative estimate of drug-likeness (QED) is 0.334. The number of benzene rings is 1. The minimum absolute atomic E-state index is 0.000513. The number of aromatic hydroxyl groups is 1. The van der Waals surface area contributed by atoms with Gasteiger partial charge >= 0.3 is 5.97 Å². The van der Waals surface area contributed by atoms with E-state index in [4.69, 9.17) is 4.74 Å². The van der Waals surface area contributed by atoms with Crippen molar-refractivity contribution in [3.05, 3.63) is 28.8 Å². The number of unbranched alkanes of at least 4 members (excludes halogenated alkanes) is 1. The lowest BCUT2D eigenvalue weighted by Crippen LogP contribution is -2.21. The fraction of sp³-hybridized carbons (Fsp3) is 0.720. The van der Waals surface area contributed by atoms with Crippen molar-refractivity contribution >= 4 is 17.7 Å². The summed E-state index contributed by atoms with van der Waals surface area (Å²) in [6.07, 6.45) is 4.26. The maximum absolute atomic E-state index is 12.4. The average molecular weight is 423 g/mol. The Labute approximate surface area is 183 Å². The molecule has 0 spiro atoms.